The van der Waals surface area contributed by atoms with Crippen LogP contribution in [0.15, 0.2) is 79.1 Å². The van der Waals surface area contributed by atoms with E-state index in [0.717, 1.165) is 17.0 Å². The van der Waals surface area contributed by atoms with Crippen LogP contribution in [-0.4, -0.2) is 39.0 Å². The summed E-state index contributed by atoms with van der Waals surface area (Å²) in [6.45, 7) is 0.693. The third-order valence-electron chi connectivity index (χ3n) is 5.78. The Balaban J connectivity index is 1.36. The molecular weight excluding hydrogens is 435 g/mol. The maximum absolute atomic E-state index is 14.0. The number of carbonyl (C=O) groups is 1. The van der Waals surface area contributed by atoms with Crippen LogP contribution in [0.2, 0.25) is 0 Å². The molecule has 0 spiro atoms. The highest BCUT2D eigenvalue weighted by molar-refractivity contribution is 5.93. The van der Waals surface area contributed by atoms with Gasteiger partial charge in [0.2, 0.25) is 5.91 Å². The van der Waals surface area contributed by atoms with Gasteiger partial charge in [0, 0.05) is 18.7 Å². The molecule has 0 saturated carbocycles. The molecule has 1 unspecified atom stereocenters. The summed E-state index contributed by atoms with van der Waals surface area (Å²) < 4.78 is 19.8. The van der Waals surface area contributed by atoms with Crippen molar-refractivity contribution >= 4 is 11.6 Å². The van der Waals surface area contributed by atoms with E-state index in [2.05, 4.69) is 15.3 Å². The van der Waals surface area contributed by atoms with Gasteiger partial charge in [0.05, 0.1) is 30.3 Å². The molecule has 4 aromatic rings. The van der Waals surface area contributed by atoms with E-state index in [-0.39, 0.29) is 35.8 Å². The van der Waals surface area contributed by atoms with Crippen LogP contribution in [0.4, 0.5) is 10.1 Å². The number of carbonyl (C=O) groups excluding carboxylic acids is 1. The molecule has 34 heavy (non-hydrogen) atoms. The van der Waals surface area contributed by atoms with Crippen molar-refractivity contribution in [3.8, 4) is 17.2 Å². The van der Waals surface area contributed by atoms with E-state index in [9.17, 15) is 14.3 Å². The van der Waals surface area contributed by atoms with Gasteiger partial charge < -0.3 is 20.1 Å². The Kier molecular flexibility index (Phi) is 5.97. The van der Waals surface area contributed by atoms with E-state index in [1.807, 2.05) is 11.0 Å². The van der Waals surface area contributed by atoms with Crippen molar-refractivity contribution in [1.29, 1.82) is 0 Å². The largest absolute Gasteiger partial charge is 0.504 e. The van der Waals surface area contributed by atoms with Gasteiger partial charge in [-0.05, 0) is 42.0 Å². The van der Waals surface area contributed by atoms with Crippen molar-refractivity contribution < 1.29 is 19.0 Å². The second-order valence-corrected chi connectivity index (χ2v) is 8.06. The second-order valence-electron chi connectivity index (χ2n) is 8.06. The standard InChI is InChI=1S/C26H23FN4O3/c27-18-7-5-6-17(14-18)26-25-20(28-16-29-25)12-13-31(26)15-24(33)30-19-8-1-3-10-22(19)34-23-11-4-2-9-21(23)32/h1-11,14,16,26,32H,12-13,15H2,(H,28,29)(H,30,33). The van der Waals surface area contributed by atoms with Crippen molar-refractivity contribution in [2.45, 2.75) is 12.5 Å². The topological polar surface area (TPSA) is 90.5 Å². The minimum atomic E-state index is -0.343. The number of nitrogens with zero attached hydrogens (tertiary/aromatic N) is 2. The van der Waals surface area contributed by atoms with Gasteiger partial charge in [0.25, 0.3) is 0 Å². The molecule has 1 aromatic heterocycles. The first-order valence-electron chi connectivity index (χ1n) is 10.9. The number of aromatic amines is 1. The lowest BCUT2D eigenvalue weighted by Gasteiger charge is -2.34. The molecule has 1 amide bonds. The predicted octanol–water partition coefficient (Wildman–Crippen LogP) is 4.63. The number of aromatic hydroxyl groups is 1. The number of halogens is 1. The average molecular weight is 458 g/mol. The summed E-state index contributed by atoms with van der Waals surface area (Å²) in [5, 5.41) is 12.9. The summed E-state index contributed by atoms with van der Waals surface area (Å²) in [4.78, 5) is 22.7. The number of phenolic OH excluding ortho intramolecular Hbond substituents is 1. The van der Waals surface area contributed by atoms with E-state index < -0.39 is 0 Å². The van der Waals surface area contributed by atoms with E-state index in [1.165, 1.54) is 18.2 Å². The Bertz CT molecular complexity index is 1320. The molecule has 8 heteroatoms. The lowest BCUT2D eigenvalue weighted by molar-refractivity contribution is -0.117. The molecule has 3 aromatic carbocycles. The number of aromatic nitrogens is 2. The van der Waals surface area contributed by atoms with Crippen molar-refractivity contribution in [3.63, 3.8) is 0 Å². The number of benzene rings is 3. The summed E-state index contributed by atoms with van der Waals surface area (Å²) in [5.41, 5.74) is 3.01. The number of amides is 1. The molecule has 1 aliphatic heterocycles. The summed E-state index contributed by atoms with van der Waals surface area (Å²) >= 11 is 0. The van der Waals surface area contributed by atoms with Crippen molar-refractivity contribution in [1.82, 2.24) is 14.9 Å². The van der Waals surface area contributed by atoms with Crippen LogP contribution in [-0.2, 0) is 11.2 Å². The Morgan fingerprint density at radius 1 is 1.12 bits per heavy atom. The first kappa shape index (κ1) is 21.7. The first-order chi connectivity index (χ1) is 16.6. The van der Waals surface area contributed by atoms with Gasteiger partial charge in [-0.25, -0.2) is 9.37 Å². The van der Waals surface area contributed by atoms with Crippen molar-refractivity contribution in [3.05, 3.63) is 102 Å². The molecule has 3 N–H and O–H groups in total. The molecule has 5 rings (SSSR count). The summed E-state index contributed by atoms with van der Waals surface area (Å²) in [6, 6.07) is 19.7. The fraction of sp³-hybridized carbons (Fsp3) is 0.154. The number of phenols is 1. The second kappa shape index (κ2) is 9.36. The van der Waals surface area contributed by atoms with Gasteiger partial charge >= 0.3 is 0 Å². The number of fused-ring (bicyclic) bond motifs is 1. The number of ether oxygens (including phenoxy) is 1. The third-order valence-corrected chi connectivity index (χ3v) is 5.78. The highest BCUT2D eigenvalue weighted by Crippen LogP contribution is 2.35. The summed E-state index contributed by atoms with van der Waals surface area (Å²) in [6.07, 6.45) is 2.34. The number of hydrogen-bond donors (Lipinski definition) is 3. The predicted molar refractivity (Wildman–Crippen MR) is 125 cm³/mol. The van der Waals surface area contributed by atoms with E-state index in [4.69, 9.17) is 4.74 Å². The molecule has 1 atom stereocenters. The van der Waals surface area contributed by atoms with Gasteiger partial charge in [-0.1, -0.05) is 36.4 Å². The highest BCUT2D eigenvalue weighted by Gasteiger charge is 2.32. The van der Waals surface area contributed by atoms with Crippen LogP contribution in [0.25, 0.3) is 0 Å². The number of hydrogen-bond acceptors (Lipinski definition) is 5. The fourth-order valence-corrected chi connectivity index (χ4v) is 4.24. The number of rotatable bonds is 6. The van der Waals surface area contributed by atoms with Gasteiger partial charge in [-0.15, -0.1) is 0 Å². The van der Waals surface area contributed by atoms with Crippen LogP contribution in [0, 0.1) is 5.82 Å². The van der Waals surface area contributed by atoms with Crippen LogP contribution in [0.1, 0.15) is 23.0 Å². The van der Waals surface area contributed by atoms with Crippen LogP contribution in [0.5, 0.6) is 17.2 Å². The van der Waals surface area contributed by atoms with Gasteiger partial charge in [0.15, 0.2) is 17.2 Å². The molecular formula is C26H23FN4O3. The number of para-hydroxylation sites is 4. The molecule has 172 valence electrons. The third kappa shape index (κ3) is 4.49. The number of nitrogens with one attached hydrogen (secondary N) is 2. The zero-order valence-corrected chi connectivity index (χ0v) is 18.2. The van der Waals surface area contributed by atoms with Crippen LogP contribution in [0.3, 0.4) is 0 Å². The van der Waals surface area contributed by atoms with Gasteiger partial charge in [-0.3, -0.25) is 9.69 Å². The zero-order chi connectivity index (χ0) is 23.5. The fourth-order valence-electron chi connectivity index (χ4n) is 4.24. The smallest absolute Gasteiger partial charge is 0.238 e. The molecule has 0 bridgehead atoms. The van der Waals surface area contributed by atoms with Crippen molar-refractivity contribution in [2.75, 3.05) is 18.4 Å². The Hall–Kier alpha value is -4.17. The van der Waals surface area contributed by atoms with Gasteiger partial charge in [-0.2, -0.15) is 0 Å². The molecule has 0 fully saturated rings. The normalized spacial score (nSPS) is 15.5. The molecule has 0 saturated heterocycles. The number of anilines is 1. The molecule has 7 nitrogen and oxygen atoms in total. The average Bonchev–Trinajstić information content (AvgIpc) is 3.30. The molecule has 0 radical (unpaired) electrons. The number of imidazole rings is 1. The molecule has 1 aliphatic rings. The minimum Gasteiger partial charge on any atom is -0.504 e. The first-order valence-corrected chi connectivity index (χ1v) is 10.9. The zero-order valence-electron chi connectivity index (χ0n) is 18.2. The van der Waals surface area contributed by atoms with E-state index in [0.29, 0.717) is 24.4 Å². The Labute approximate surface area is 195 Å². The Morgan fingerprint density at radius 3 is 2.74 bits per heavy atom. The summed E-state index contributed by atoms with van der Waals surface area (Å²) in [5.74, 6) is 0.128. The van der Waals surface area contributed by atoms with Gasteiger partial charge in [0.1, 0.15) is 5.82 Å². The SMILES string of the molecule is O=C(CN1CCc2[nH]cnc2C1c1cccc(F)c1)Nc1ccccc1Oc1ccccc1O. The quantitative estimate of drug-likeness (QED) is 0.392. The van der Waals surface area contributed by atoms with Crippen LogP contribution < -0.4 is 10.1 Å². The maximum Gasteiger partial charge on any atom is 0.238 e. The lowest BCUT2D eigenvalue weighted by atomic mass is 9.95. The summed E-state index contributed by atoms with van der Waals surface area (Å²) in [7, 11) is 0. The molecule has 0 aliphatic carbocycles. The number of H-pyrrole nitrogens is 1. The maximum atomic E-state index is 14.0. The minimum absolute atomic E-state index is 0.00434. The van der Waals surface area contributed by atoms with E-state index in [1.54, 1.807) is 54.9 Å². The highest BCUT2D eigenvalue weighted by atomic mass is 19.1. The lowest BCUT2D eigenvalue weighted by Crippen LogP contribution is -2.41. The molecule has 2 heterocycles. The van der Waals surface area contributed by atoms with Crippen LogP contribution >= 0.6 is 0 Å². The van der Waals surface area contributed by atoms with E-state index >= 15 is 0 Å². The van der Waals surface area contributed by atoms with Crippen molar-refractivity contribution in [2.24, 2.45) is 0 Å². The Morgan fingerprint density at radius 2 is 1.91 bits per heavy atom. The monoisotopic (exact) mass is 458 g/mol.